The Morgan fingerprint density at radius 1 is 1.24 bits per heavy atom. The molecule has 0 atom stereocenters. The fourth-order valence-corrected chi connectivity index (χ4v) is 3.26. The maximum atomic E-state index is 12.0. The Hall–Kier alpha value is -1.03. The number of nitrogens with zero attached hydrogens (tertiary/aromatic N) is 1. The Kier molecular flexibility index (Phi) is 2.62. The third kappa shape index (κ3) is 1.84. The highest BCUT2D eigenvalue weighted by Crippen LogP contribution is 2.41. The Labute approximate surface area is 109 Å². The van der Waals surface area contributed by atoms with Crippen molar-refractivity contribution in [1.82, 2.24) is 0 Å². The zero-order valence-corrected chi connectivity index (χ0v) is 11.1. The van der Waals surface area contributed by atoms with E-state index in [1.807, 2.05) is 24.3 Å². The summed E-state index contributed by atoms with van der Waals surface area (Å²) in [7, 11) is 0. The van der Waals surface area contributed by atoms with Crippen LogP contribution in [0, 0.1) is 0 Å². The molecule has 1 saturated carbocycles. The van der Waals surface area contributed by atoms with Gasteiger partial charge in [-0.3, -0.25) is 4.90 Å². The summed E-state index contributed by atoms with van der Waals surface area (Å²) in [6.45, 7) is 0.689. The maximum absolute atomic E-state index is 12.0. The molecule has 0 unspecified atom stereocenters. The molecule has 3 rings (SSSR count). The van der Waals surface area contributed by atoms with Gasteiger partial charge in [-0.15, -0.1) is 0 Å². The number of ether oxygens (including phenoxy) is 1. The standard InChI is InChI=1S/C13H14BrNO2/c14-10-5-1-2-6-11(10)15-9-13(17-12(15)16)7-3-4-8-13/h1-2,5-6H,3-4,7-9H2. The molecule has 90 valence electrons. The smallest absolute Gasteiger partial charge is 0.415 e. The van der Waals surface area contributed by atoms with Gasteiger partial charge in [0.25, 0.3) is 0 Å². The van der Waals surface area contributed by atoms with E-state index in [0.717, 1.165) is 35.8 Å². The first-order chi connectivity index (χ1) is 8.20. The minimum absolute atomic E-state index is 0.209. The van der Waals surface area contributed by atoms with Crippen LogP contribution in [0.15, 0.2) is 28.7 Å². The lowest BCUT2D eigenvalue weighted by Crippen LogP contribution is -2.31. The van der Waals surface area contributed by atoms with E-state index in [1.54, 1.807) is 4.90 Å². The molecule has 1 aliphatic carbocycles. The SMILES string of the molecule is O=C1OC2(CCCC2)CN1c1ccccc1Br. The van der Waals surface area contributed by atoms with E-state index in [-0.39, 0.29) is 11.7 Å². The van der Waals surface area contributed by atoms with E-state index < -0.39 is 0 Å². The van der Waals surface area contributed by atoms with Crippen molar-refractivity contribution in [3.63, 3.8) is 0 Å². The van der Waals surface area contributed by atoms with Gasteiger partial charge in [-0.05, 0) is 53.7 Å². The lowest BCUT2D eigenvalue weighted by Gasteiger charge is -2.20. The number of amides is 1. The van der Waals surface area contributed by atoms with Gasteiger partial charge in [0.05, 0.1) is 12.2 Å². The van der Waals surface area contributed by atoms with Crippen LogP contribution in [0.1, 0.15) is 25.7 Å². The third-order valence-electron chi connectivity index (χ3n) is 3.63. The zero-order chi connectivity index (χ0) is 11.9. The van der Waals surface area contributed by atoms with Crippen molar-refractivity contribution in [3.05, 3.63) is 28.7 Å². The predicted octanol–water partition coefficient (Wildman–Crippen LogP) is 3.72. The predicted molar refractivity (Wildman–Crippen MR) is 69.2 cm³/mol. The summed E-state index contributed by atoms with van der Waals surface area (Å²) in [6.07, 6.45) is 4.12. The van der Waals surface area contributed by atoms with Crippen molar-refractivity contribution < 1.29 is 9.53 Å². The summed E-state index contributed by atoms with van der Waals surface area (Å²) in [5, 5.41) is 0. The number of carbonyl (C=O) groups excluding carboxylic acids is 1. The molecule has 1 amide bonds. The second-order valence-electron chi connectivity index (χ2n) is 4.80. The van der Waals surface area contributed by atoms with E-state index in [1.165, 1.54) is 0 Å². The van der Waals surface area contributed by atoms with Crippen molar-refractivity contribution in [2.45, 2.75) is 31.3 Å². The number of para-hydroxylation sites is 1. The van der Waals surface area contributed by atoms with Crippen LogP contribution in [0.2, 0.25) is 0 Å². The zero-order valence-electron chi connectivity index (χ0n) is 9.49. The first-order valence-corrected chi connectivity index (χ1v) is 6.75. The van der Waals surface area contributed by atoms with Crippen LogP contribution in [0.3, 0.4) is 0 Å². The quantitative estimate of drug-likeness (QED) is 0.790. The van der Waals surface area contributed by atoms with Crippen molar-refractivity contribution in [3.8, 4) is 0 Å². The first-order valence-electron chi connectivity index (χ1n) is 5.95. The second-order valence-corrected chi connectivity index (χ2v) is 5.65. The highest BCUT2D eigenvalue weighted by Gasteiger charge is 2.47. The highest BCUT2D eigenvalue weighted by atomic mass is 79.9. The van der Waals surface area contributed by atoms with E-state index >= 15 is 0 Å². The van der Waals surface area contributed by atoms with E-state index in [2.05, 4.69) is 15.9 Å². The number of carbonyl (C=O) groups is 1. The molecule has 1 aromatic carbocycles. The largest absolute Gasteiger partial charge is 0.441 e. The molecule has 0 radical (unpaired) electrons. The Morgan fingerprint density at radius 2 is 1.94 bits per heavy atom. The minimum Gasteiger partial charge on any atom is -0.441 e. The minimum atomic E-state index is -0.216. The van der Waals surface area contributed by atoms with Crippen LogP contribution in [0.4, 0.5) is 10.5 Å². The van der Waals surface area contributed by atoms with Crippen LogP contribution in [0.25, 0.3) is 0 Å². The molecule has 1 saturated heterocycles. The Bertz CT molecular complexity index is 454. The van der Waals surface area contributed by atoms with Gasteiger partial charge in [-0.2, -0.15) is 0 Å². The molecular weight excluding hydrogens is 282 g/mol. The molecule has 1 aliphatic heterocycles. The maximum Gasteiger partial charge on any atom is 0.415 e. The van der Waals surface area contributed by atoms with E-state index in [9.17, 15) is 4.79 Å². The first kappa shape index (κ1) is 11.1. The van der Waals surface area contributed by atoms with Gasteiger partial charge in [-0.25, -0.2) is 4.79 Å². The molecule has 2 aliphatic rings. The van der Waals surface area contributed by atoms with Gasteiger partial charge in [0.1, 0.15) is 5.60 Å². The molecule has 1 spiro atoms. The summed E-state index contributed by atoms with van der Waals surface area (Å²) in [6, 6.07) is 7.77. The Morgan fingerprint density at radius 3 is 2.65 bits per heavy atom. The molecule has 0 aromatic heterocycles. The molecule has 2 fully saturated rings. The third-order valence-corrected chi connectivity index (χ3v) is 4.30. The summed E-state index contributed by atoms with van der Waals surface area (Å²) < 4.78 is 6.54. The van der Waals surface area contributed by atoms with Gasteiger partial charge in [0.2, 0.25) is 0 Å². The van der Waals surface area contributed by atoms with Crippen LogP contribution in [0.5, 0.6) is 0 Å². The highest BCUT2D eigenvalue weighted by molar-refractivity contribution is 9.10. The van der Waals surface area contributed by atoms with E-state index in [4.69, 9.17) is 4.74 Å². The monoisotopic (exact) mass is 295 g/mol. The summed E-state index contributed by atoms with van der Waals surface area (Å²) in [5.74, 6) is 0. The summed E-state index contributed by atoms with van der Waals surface area (Å²) in [5.41, 5.74) is 0.688. The lowest BCUT2D eigenvalue weighted by molar-refractivity contribution is 0.0629. The average Bonchev–Trinajstić information content (AvgIpc) is 2.88. The fourth-order valence-electron chi connectivity index (χ4n) is 2.76. The van der Waals surface area contributed by atoms with Gasteiger partial charge in [0.15, 0.2) is 0 Å². The molecular formula is C13H14BrNO2. The van der Waals surface area contributed by atoms with Crippen LogP contribution >= 0.6 is 15.9 Å². The fraction of sp³-hybridized carbons (Fsp3) is 0.462. The molecule has 1 aromatic rings. The van der Waals surface area contributed by atoms with Crippen molar-refractivity contribution in [2.24, 2.45) is 0 Å². The van der Waals surface area contributed by atoms with E-state index in [0.29, 0.717) is 6.54 Å². The second kappa shape index (κ2) is 4.02. The van der Waals surface area contributed by atoms with Gasteiger partial charge in [0, 0.05) is 4.47 Å². The number of halogens is 1. The number of anilines is 1. The molecule has 4 heteroatoms. The number of rotatable bonds is 1. The van der Waals surface area contributed by atoms with Gasteiger partial charge >= 0.3 is 6.09 Å². The van der Waals surface area contributed by atoms with Gasteiger partial charge < -0.3 is 4.74 Å². The average molecular weight is 296 g/mol. The van der Waals surface area contributed by atoms with Crippen LogP contribution in [-0.4, -0.2) is 18.2 Å². The molecule has 0 N–H and O–H groups in total. The normalized spacial score (nSPS) is 22.2. The van der Waals surface area contributed by atoms with Crippen LogP contribution in [-0.2, 0) is 4.74 Å². The molecule has 3 nitrogen and oxygen atoms in total. The topological polar surface area (TPSA) is 29.5 Å². The van der Waals surface area contributed by atoms with Gasteiger partial charge in [-0.1, -0.05) is 12.1 Å². The molecule has 1 heterocycles. The number of hydrogen-bond donors (Lipinski definition) is 0. The van der Waals surface area contributed by atoms with Crippen molar-refractivity contribution in [1.29, 1.82) is 0 Å². The summed E-state index contributed by atoms with van der Waals surface area (Å²) >= 11 is 3.48. The number of hydrogen-bond acceptors (Lipinski definition) is 2. The van der Waals surface area contributed by atoms with Crippen LogP contribution < -0.4 is 4.90 Å². The van der Waals surface area contributed by atoms with Crippen molar-refractivity contribution >= 4 is 27.7 Å². The molecule has 17 heavy (non-hydrogen) atoms. The Balaban J connectivity index is 1.90. The number of benzene rings is 1. The summed E-state index contributed by atoms with van der Waals surface area (Å²) in [4.78, 5) is 13.7. The lowest BCUT2D eigenvalue weighted by atomic mass is 10.0. The molecule has 0 bridgehead atoms. The van der Waals surface area contributed by atoms with Crippen molar-refractivity contribution in [2.75, 3.05) is 11.4 Å².